The van der Waals surface area contributed by atoms with E-state index in [1.54, 1.807) is 27.7 Å². The van der Waals surface area contributed by atoms with Crippen LogP contribution in [0.15, 0.2) is 9.98 Å². The van der Waals surface area contributed by atoms with Gasteiger partial charge in [0.25, 0.3) is 0 Å². The Labute approximate surface area is 656 Å². The minimum absolute atomic E-state index is 0.0101. The van der Waals surface area contributed by atoms with Crippen LogP contribution in [0.4, 0.5) is 13.2 Å². The number of nitrogens with zero attached hydrogens (tertiary/aromatic N) is 2. The standard InChI is InChI=1S/C65H118N22O20.C2HF3O2/c1-31(2)28-43(83-51(94)34(7)76-54(97)38(17-11-13-25-67)78-53(96)37(68)16-10-12-24-66)60(103)80-40(19-15-27-75-65(72)73)55(98)79-39(18-14-26-74-64(70)71)56(99)81-41(20-22-46(69)89)57(100)82-42(21-23-47(90)91)58(101)87-50(36(9)88)62(105)86-49(33(5)6)61(104)84-44(30-48(92)93)59(102)77-35(8)52(95)85-45(63(106)107)29-32(3)4;3-2(4,5)1(6)7/h31-45,49-50,88H,10-30,66-68H2,1-9H3,(H2,69,89)(H,76,97)(H,77,102)(H,78,96)(H,79,98)(H,80,103)(H,81,99)(H,82,100)(H,83,94)(H,84,104)(H,85,95)(H,86,105)(H,87,101)(H,90,91)(H,92,93)(H,106,107)(H4,70,71,74)(H4,72,73,75);(H,6,7). The fourth-order valence-corrected chi connectivity index (χ4v) is 10.2. The normalized spacial score (nSPS) is 14.8. The highest BCUT2D eigenvalue weighted by atomic mass is 19.4. The van der Waals surface area contributed by atoms with E-state index in [1.165, 1.54) is 27.7 Å². The molecule has 0 heterocycles. The van der Waals surface area contributed by atoms with Crippen molar-refractivity contribution in [2.75, 3.05) is 26.2 Å². The van der Waals surface area contributed by atoms with Crippen molar-refractivity contribution in [3.8, 4) is 0 Å². The molecule has 0 aromatic heterocycles. The van der Waals surface area contributed by atoms with E-state index >= 15 is 0 Å². The summed E-state index contributed by atoms with van der Waals surface area (Å²) in [5.41, 5.74) is 45.0. The van der Waals surface area contributed by atoms with Gasteiger partial charge >= 0.3 is 30.1 Å². The second-order valence-electron chi connectivity index (χ2n) is 27.9. The molecule has 33 N–H and O–H groups in total. The van der Waals surface area contributed by atoms with Crippen molar-refractivity contribution in [2.45, 2.75) is 262 Å². The van der Waals surface area contributed by atoms with Crippen LogP contribution < -0.4 is 110 Å². The number of guanidine groups is 2. The Hall–Kier alpha value is -10.8. The number of aliphatic imine (C=N–C) groups is 2. The minimum atomic E-state index is -5.08. The maximum atomic E-state index is 14.6. The third-order valence-corrected chi connectivity index (χ3v) is 16.4. The van der Waals surface area contributed by atoms with Crippen LogP contribution in [0.5, 0.6) is 0 Å². The zero-order chi connectivity index (χ0) is 88.0. The molecule has 0 saturated heterocycles. The summed E-state index contributed by atoms with van der Waals surface area (Å²) in [6, 6.07) is -20.3. The number of amides is 13. The number of rotatable bonds is 55. The molecular formula is C67H119F3N22O22. The molecule has 0 rings (SSSR count). The topological polar surface area (TPSA) is 769 Å². The van der Waals surface area contributed by atoms with Crippen LogP contribution in [0.3, 0.4) is 0 Å². The van der Waals surface area contributed by atoms with E-state index in [9.17, 15) is 110 Å². The molecule has 0 fully saturated rings. The van der Waals surface area contributed by atoms with E-state index < -0.39 is 230 Å². The second-order valence-corrected chi connectivity index (χ2v) is 27.9. The summed E-state index contributed by atoms with van der Waals surface area (Å²) in [4.78, 5) is 232. The Morgan fingerprint density at radius 3 is 1.06 bits per heavy atom. The molecule has 0 aromatic carbocycles. The number of carbonyl (C=O) groups is 17. The van der Waals surface area contributed by atoms with Gasteiger partial charge < -0.3 is 135 Å². The van der Waals surface area contributed by atoms with E-state index in [2.05, 4.69) is 73.8 Å². The summed E-state index contributed by atoms with van der Waals surface area (Å²) in [6.45, 7) is 13.7. The first kappa shape index (κ1) is 105. The third-order valence-electron chi connectivity index (χ3n) is 16.4. The van der Waals surface area contributed by atoms with E-state index in [-0.39, 0.29) is 81.8 Å². The summed E-state index contributed by atoms with van der Waals surface area (Å²) in [6.07, 6.45) is -8.92. The maximum Gasteiger partial charge on any atom is 0.490 e. The Balaban J connectivity index is 0. The molecule has 0 radical (unpaired) electrons. The van der Waals surface area contributed by atoms with Crippen molar-refractivity contribution in [1.29, 1.82) is 0 Å². The average Bonchev–Trinajstić information content (AvgIpc) is 0.854. The first-order chi connectivity index (χ1) is 52.9. The van der Waals surface area contributed by atoms with Gasteiger partial charge in [-0.05, 0) is 135 Å². The molecule has 14 atom stereocenters. The van der Waals surface area contributed by atoms with Crippen LogP contribution in [0.25, 0.3) is 0 Å². The lowest BCUT2D eigenvalue weighted by Gasteiger charge is -2.29. The molecule has 0 aliphatic carbocycles. The van der Waals surface area contributed by atoms with Gasteiger partial charge in [-0.15, -0.1) is 0 Å². The molecule has 650 valence electrons. The molecule has 44 nitrogen and oxygen atoms in total. The Kier molecular flexibility index (Phi) is 50.5. The zero-order valence-electron chi connectivity index (χ0n) is 65.5. The zero-order valence-corrected chi connectivity index (χ0v) is 65.5. The predicted molar refractivity (Wildman–Crippen MR) is 402 cm³/mol. The molecule has 0 aliphatic rings. The van der Waals surface area contributed by atoms with Crippen molar-refractivity contribution >= 4 is 113 Å². The molecule has 47 heteroatoms. The number of aliphatic carboxylic acids is 4. The fourth-order valence-electron chi connectivity index (χ4n) is 10.2. The summed E-state index contributed by atoms with van der Waals surface area (Å²) >= 11 is 0. The van der Waals surface area contributed by atoms with Gasteiger partial charge in [0.05, 0.1) is 18.6 Å². The van der Waals surface area contributed by atoms with Gasteiger partial charge in [-0.3, -0.25) is 81.9 Å². The molecular weight excluding hydrogens is 1520 g/mol. The molecule has 13 amide bonds. The molecule has 0 spiro atoms. The number of carboxylic acid groups (broad SMARTS) is 4. The van der Waals surface area contributed by atoms with Gasteiger partial charge in [0, 0.05) is 25.9 Å². The number of unbranched alkanes of at least 4 members (excludes halogenated alkanes) is 2. The highest BCUT2D eigenvalue weighted by molar-refractivity contribution is 6.00. The molecule has 14 unspecified atom stereocenters. The van der Waals surface area contributed by atoms with E-state index in [0.29, 0.717) is 45.2 Å². The Morgan fingerprint density at radius 1 is 0.368 bits per heavy atom. The Morgan fingerprint density at radius 2 is 0.693 bits per heavy atom. The first-order valence-corrected chi connectivity index (χ1v) is 36.7. The number of hydrogen-bond acceptors (Lipinski definition) is 23. The van der Waals surface area contributed by atoms with Crippen molar-refractivity contribution < 1.29 is 120 Å². The number of hydrogen-bond donors (Lipinski definition) is 25. The molecule has 0 bridgehead atoms. The van der Waals surface area contributed by atoms with Crippen molar-refractivity contribution in [3.63, 3.8) is 0 Å². The summed E-state index contributed by atoms with van der Waals surface area (Å²) in [5, 5.41) is 75.9. The number of carbonyl (C=O) groups excluding carboxylic acids is 13. The van der Waals surface area contributed by atoms with Crippen molar-refractivity contribution in [3.05, 3.63) is 0 Å². The van der Waals surface area contributed by atoms with Gasteiger partial charge in [-0.2, -0.15) is 13.2 Å². The van der Waals surface area contributed by atoms with Gasteiger partial charge in [0.1, 0.15) is 72.5 Å². The van der Waals surface area contributed by atoms with E-state index in [4.69, 9.17) is 55.8 Å². The second kappa shape index (κ2) is 54.8. The van der Waals surface area contributed by atoms with Crippen LogP contribution in [0.2, 0.25) is 0 Å². The molecule has 0 aromatic rings. The van der Waals surface area contributed by atoms with Crippen molar-refractivity contribution in [1.82, 2.24) is 63.8 Å². The van der Waals surface area contributed by atoms with Gasteiger partial charge in [-0.1, -0.05) is 48.0 Å². The number of carboxylic acids is 4. The smallest absolute Gasteiger partial charge is 0.481 e. The number of aliphatic hydroxyl groups is 1. The largest absolute Gasteiger partial charge is 0.490 e. The van der Waals surface area contributed by atoms with E-state index in [1.807, 2.05) is 0 Å². The fraction of sp³-hybridized carbons (Fsp3) is 0.716. The number of halogens is 3. The quantitative estimate of drug-likeness (QED) is 0.0153. The monoisotopic (exact) mass is 1640 g/mol. The van der Waals surface area contributed by atoms with Gasteiger partial charge in [0.15, 0.2) is 11.9 Å². The van der Waals surface area contributed by atoms with E-state index in [0.717, 1.165) is 6.92 Å². The van der Waals surface area contributed by atoms with Crippen LogP contribution in [0.1, 0.15) is 171 Å². The van der Waals surface area contributed by atoms with Gasteiger partial charge in [0.2, 0.25) is 76.8 Å². The van der Waals surface area contributed by atoms with Gasteiger partial charge in [-0.25, -0.2) is 9.59 Å². The van der Waals surface area contributed by atoms with Crippen LogP contribution in [-0.4, -0.2) is 255 Å². The number of alkyl halides is 3. The average molecular weight is 1640 g/mol. The number of nitrogens with one attached hydrogen (secondary N) is 12. The van der Waals surface area contributed by atoms with Crippen LogP contribution in [0, 0.1) is 17.8 Å². The SMILES string of the molecule is CC(C)CC(NC(=O)C(C)NC(=O)C(CC(=O)O)NC(=O)C(NC(=O)C(NC(=O)C(CCC(=O)O)NC(=O)C(CCC(N)=O)NC(=O)C(CCCN=C(N)N)NC(=O)C(CCCN=C(N)N)NC(=O)C(CC(C)C)NC(=O)C(C)NC(=O)C(CCCCN)NC(=O)C(N)CCCCN)C(C)O)C(C)C)C(=O)O.O=C(O)C(F)(F)F. The Bertz CT molecular complexity index is 3270. The first-order valence-electron chi connectivity index (χ1n) is 36.7. The predicted octanol–water partition coefficient (Wildman–Crippen LogP) is -7.01. The molecule has 0 saturated carbocycles. The number of aliphatic hydroxyl groups excluding tert-OH is 1. The number of nitrogens with two attached hydrogens (primary N) is 8. The highest BCUT2D eigenvalue weighted by Crippen LogP contribution is 2.16. The summed E-state index contributed by atoms with van der Waals surface area (Å²) in [5.74, 6) is -22.8. The minimum Gasteiger partial charge on any atom is -0.481 e. The number of primary amides is 1. The van der Waals surface area contributed by atoms with Crippen LogP contribution >= 0.6 is 0 Å². The summed E-state index contributed by atoms with van der Waals surface area (Å²) < 4.78 is 31.7. The molecule has 114 heavy (non-hydrogen) atoms. The lowest BCUT2D eigenvalue weighted by molar-refractivity contribution is -0.192. The lowest BCUT2D eigenvalue weighted by atomic mass is 10.0. The third kappa shape index (κ3) is 45.6. The molecule has 0 aliphatic heterocycles. The maximum absolute atomic E-state index is 14.6. The lowest BCUT2D eigenvalue weighted by Crippen LogP contribution is -2.62. The van der Waals surface area contributed by atoms with Crippen LogP contribution in [-0.2, 0) is 81.5 Å². The summed E-state index contributed by atoms with van der Waals surface area (Å²) in [7, 11) is 0. The van der Waals surface area contributed by atoms with Crippen molar-refractivity contribution in [2.24, 2.45) is 73.6 Å². The highest BCUT2D eigenvalue weighted by Gasteiger charge is 2.40.